The lowest BCUT2D eigenvalue weighted by Gasteiger charge is -2.21. The highest BCUT2D eigenvalue weighted by Crippen LogP contribution is 2.52. The fourth-order valence-corrected chi connectivity index (χ4v) is 5.09. The van der Waals surface area contributed by atoms with Gasteiger partial charge in [0.2, 0.25) is 0 Å². The van der Waals surface area contributed by atoms with E-state index in [1.165, 1.54) is 44.2 Å². The average Bonchev–Trinajstić information content (AvgIpc) is 2.90. The maximum atomic E-state index is 3.78. The molecule has 0 saturated carbocycles. The van der Waals surface area contributed by atoms with E-state index in [1.807, 2.05) is 0 Å². The molecule has 1 heteroatoms. The lowest BCUT2D eigenvalue weighted by atomic mass is 9.82. The first-order chi connectivity index (χ1) is 12.6. The van der Waals surface area contributed by atoms with E-state index in [0.29, 0.717) is 0 Å². The molecule has 4 aromatic rings. The van der Waals surface area contributed by atoms with Crippen molar-refractivity contribution in [1.82, 2.24) is 0 Å². The van der Waals surface area contributed by atoms with Gasteiger partial charge < -0.3 is 0 Å². The topological polar surface area (TPSA) is 0 Å². The van der Waals surface area contributed by atoms with E-state index >= 15 is 0 Å². The van der Waals surface area contributed by atoms with Gasteiger partial charge in [-0.1, -0.05) is 103 Å². The van der Waals surface area contributed by atoms with Gasteiger partial charge in [0.25, 0.3) is 0 Å². The maximum absolute atomic E-state index is 3.78. The third-order valence-corrected chi connectivity index (χ3v) is 6.41. The van der Waals surface area contributed by atoms with Crippen LogP contribution in [0.2, 0.25) is 0 Å². The molecule has 0 heterocycles. The second-order valence-corrected chi connectivity index (χ2v) is 8.40. The molecule has 4 aromatic carbocycles. The van der Waals surface area contributed by atoms with E-state index in [-0.39, 0.29) is 5.41 Å². The molecule has 126 valence electrons. The third-order valence-electron chi connectivity index (χ3n) is 5.75. The number of halogens is 1. The second-order valence-electron chi connectivity index (χ2n) is 7.54. The molecule has 0 fully saturated rings. The minimum Gasteiger partial charge on any atom is -0.0619 e. The van der Waals surface area contributed by atoms with Crippen molar-refractivity contribution in [3.8, 4) is 22.3 Å². The zero-order valence-electron chi connectivity index (χ0n) is 14.9. The van der Waals surface area contributed by atoms with Crippen molar-refractivity contribution in [2.24, 2.45) is 0 Å². The van der Waals surface area contributed by atoms with Crippen LogP contribution in [-0.4, -0.2) is 0 Å². The van der Waals surface area contributed by atoms with Gasteiger partial charge in [-0.05, 0) is 44.8 Å². The molecular weight excluding hydrogens is 380 g/mol. The Morgan fingerprint density at radius 3 is 2.08 bits per heavy atom. The Bertz CT molecular complexity index is 1160. The van der Waals surface area contributed by atoms with Gasteiger partial charge in [0.15, 0.2) is 0 Å². The molecule has 0 bridgehead atoms. The lowest BCUT2D eigenvalue weighted by Crippen LogP contribution is -2.14. The van der Waals surface area contributed by atoms with Crippen molar-refractivity contribution in [1.29, 1.82) is 0 Å². The Hall–Kier alpha value is -2.38. The molecule has 0 saturated heterocycles. The minimum absolute atomic E-state index is 0.0315. The van der Waals surface area contributed by atoms with Crippen LogP contribution in [0.15, 0.2) is 83.3 Å². The third kappa shape index (κ3) is 2.07. The summed E-state index contributed by atoms with van der Waals surface area (Å²) in [6, 6.07) is 28.6. The smallest absolute Gasteiger partial charge is 0.0259 e. The molecule has 0 spiro atoms. The highest BCUT2D eigenvalue weighted by Gasteiger charge is 2.36. The molecule has 0 atom stereocenters. The van der Waals surface area contributed by atoms with Crippen molar-refractivity contribution in [3.05, 3.63) is 94.5 Å². The first-order valence-corrected chi connectivity index (χ1v) is 9.79. The van der Waals surface area contributed by atoms with Gasteiger partial charge in [-0.25, -0.2) is 0 Å². The summed E-state index contributed by atoms with van der Waals surface area (Å²) in [6.07, 6.45) is 0. The number of fused-ring (bicyclic) bond motifs is 4. The van der Waals surface area contributed by atoms with Crippen molar-refractivity contribution in [2.45, 2.75) is 19.3 Å². The number of hydrogen-bond acceptors (Lipinski definition) is 0. The zero-order chi connectivity index (χ0) is 17.9. The van der Waals surface area contributed by atoms with Crippen molar-refractivity contribution in [2.75, 3.05) is 0 Å². The summed E-state index contributed by atoms with van der Waals surface area (Å²) in [5, 5.41) is 2.55. The fourth-order valence-electron chi connectivity index (χ4n) is 4.50. The van der Waals surface area contributed by atoms with Crippen LogP contribution in [0, 0.1) is 0 Å². The molecular formula is C25H19Br. The Morgan fingerprint density at radius 1 is 0.615 bits per heavy atom. The van der Waals surface area contributed by atoms with Crippen LogP contribution in [0.5, 0.6) is 0 Å². The summed E-state index contributed by atoms with van der Waals surface area (Å²) in [7, 11) is 0. The van der Waals surface area contributed by atoms with E-state index < -0.39 is 0 Å². The van der Waals surface area contributed by atoms with Gasteiger partial charge >= 0.3 is 0 Å². The number of benzene rings is 4. The molecule has 0 nitrogen and oxygen atoms in total. The average molecular weight is 399 g/mol. The quantitative estimate of drug-likeness (QED) is 0.310. The molecule has 0 aromatic heterocycles. The predicted molar refractivity (Wildman–Crippen MR) is 115 cm³/mol. The molecule has 0 unspecified atom stereocenters. The highest BCUT2D eigenvalue weighted by molar-refractivity contribution is 9.10. The molecule has 0 amide bonds. The first-order valence-electron chi connectivity index (χ1n) is 9.00. The monoisotopic (exact) mass is 398 g/mol. The zero-order valence-corrected chi connectivity index (χ0v) is 16.5. The molecule has 1 aliphatic rings. The summed E-state index contributed by atoms with van der Waals surface area (Å²) < 4.78 is 1.15. The van der Waals surface area contributed by atoms with Crippen LogP contribution in [0.3, 0.4) is 0 Å². The van der Waals surface area contributed by atoms with Gasteiger partial charge in [-0.2, -0.15) is 0 Å². The Morgan fingerprint density at radius 2 is 1.23 bits per heavy atom. The summed E-state index contributed by atoms with van der Waals surface area (Å²) >= 11 is 3.78. The standard InChI is InChI=1S/C25H19Br/c1-25(2)20-13-4-3-10-19(20)24-18(12-7-14-21(24)25)17-11-5-8-16-9-6-15-22(26)23(16)17/h3-15H,1-2H3. The summed E-state index contributed by atoms with van der Waals surface area (Å²) in [4.78, 5) is 0. The highest BCUT2D eigenvalue weighted by atomic mass is 79.9. The van der Waals surface area contributed by atoms with Crippen LogP contribution in [0.25, 0.3) is 33.0 Å². The van der Waals surface area contributed by atoms with Gasteiger partial charge in [0.05, 0.1) is 0 Å². The summed E-state index contributed by atoms with van der Waals surface area (Å²) in [5.74, 6) is 0. The van der Waals surface area contributed by atoms with Crippen LogP contribution < -0.4 is 0 Å². The summed E-state index contributed by atoms with van der Waals surface area (Å²) in [5.41, 5.74) is 8.23. The van der Waals surface area contributed by atoms with Crippen molar-refractivity contribution in [3.63, 3.8) is 0 Å². The van der Waals surface area contributed by atoms with Gasteiger partial charge in [-0.15, -0.1) is 0 Å². The molecule has 5 rings (SSSR count). The van der Waals surface area contributed by atoms with E-state index in [2.05, 4.69) is 109 Å². The Labute approximate surface area is 162 Å². The van der Waals surface area contributed by atoms with Crippen LogP contribution in [0.1, 0.15) is 25.0 Å². The molecule has 0 aliphatic heterocycles. The molecule has 0 radical (unpaired) electrons. The number of hydrogen-bond donors (Lipinski definition) is 0. The van der Waals surface area contributed by atoms with Gasteiger partial charge in [-0.3, -0.25) is 0 Å². The van der Waals surface area contributed by atoms with Gasteiger partial charge in [0, 0.05) is 15.3 Å². The largest absolute Gasteiger partial charge is 0.0619 e. The SMILES string of the molecule is CC1(C)c2ccccc2-c2c(-c3cccc4cccc(Br)c34)cccc21. The van der Waals surface area contributed by atoms with Gasteiger partial charge in [0.1, 0.15) is 0 Å². The maximum Gasteiger partial charge on any atom is 0.0259 e. The Balaban J connectivity index is 1.91. The van der Waals surface area contributed by atoms with E-state index in [1.54, 1.807) is 0 Å². The molecule has 26 heavy (non-hydrogen) atoms. The van der Waals surface area contributed by atoms with Crippen LogP contribution in [-0.2, 0) is 5.41 Å². The predicted octanol–water partition coefficient (Wildman–Crippen LogP) is 7.58. The van der Waals surface area contributed by atoms with E-state index in [4.69, 9.17) is 0 Å². The van der Waals surface area contributed by atoms with E-state index in [0.717, 1.165) is 4.47 Å². The minimum atomic E-state index is 0.0315. The number of rotatable bonds is 1. The van der Waals surface area contributed by atoms with Crippen molar-refractivity contribution >= 4 is 26.7 Å². The summed E-state index contributed by atoms with van der Waals surface area (Å²) in [6.45, 7) is 4.67. The fraction of sp³-hybridized carbons (Fsp3) is 0.120. The van der Waals surface area contributed by atoms with E-state index in [9.17, 15) is 0 Å². The second kappa shape index (κ2) is 5.56. The molecule has 0 N–H and O–H groups in total. The normalized spacial score (nSPS) is 14.3. The molecule has 1 aliphatic carbocycles. The first kappa shape index (κ1) is 15.8. The van der Waals surface area contributed by atoms with Crippen LogP contribution >= 0.6 is 15.9 Å². The van der Waals surface area contributed by atoms with Crippen molar-refractivity contribution < 1.29 is 0 Å². The lowest BCUT2D eigenvalue weighted by molar-refractivity contribution is 0.660. The Kier molecular flexibility index (Phi) is 3.39. The van der Waals surface area contributed by atoms with Crippen LogP contribution in [0.4, 0.5) is 0 Å².